The molecule has 0 radical (unpaired) electrons. The molecule has 0 fully saturated rings. The highest BCUT2D eigenvalue weighted by Crippen LogP contribution is 2.28. The summed E-state index contributed by atoms with van der Waals surface area (Å²) in [4.78, 5) is 22.7. The molecule has 0 aliphatic carbocycles. The number of carboxylic acids is 1. The Morgan fingerprint density at radius 1 is 1.15 bits per heavy atom. The summed E-state index contributed by atoms with van der Waals surface area (Å²) < 4.78 is 67.9. The van der Waals surface area contributed by atoms with Crippen LogP contribution in [0, 0.1) is 0 Å². The van der Waals surface area contributed by atoms with E-state index in [0.29, 0.717) is 6.07 Å². The maximum atomic E-state index is 12.1. The first-order valence-electron chi connectivity index (χ1n) is 4.49. The molecule has 0 aliphatic rings. The molecule has 0 unspecified atom stereocenters. The topological polar surface area (TPSA) is 93.3 Å². The van der Waals surface area contributed by atoms with Crippen LogP contribution in [0.2, 0.25) is 0 Å². The highest BCUT2D eigenvalue weighted by atomic mass is 19.4. The van der Waals surface area contributed by atoms with E-state index in [0.717, 1.165) is 12.3 Å². The molecule has 1 aromatic rings. The summed E-state index contributed by atoms with van der Waals surface area (Å²) in [6.45, 7) is 0. The fourth-order valence-electron chi connectivity index (χ4n) is 0.742. The van der Waals surface area contributed by atoms with E-state index in [-0.39, 0.29) is 0 Å². The number of aromatic nitrogens is 1. The molecule has 0 bridgehead atoms. The highest BCUT2D eigenvalue weighted by Gasteiger charge is 2.38. The van der Waals surface area contributed by atoms with Crippen LogP contribution >= 0.6 is 0 Å². The van der Waals surface area contributed by atoms with Gasteiger partial charge in [0.2, 0.25) is 0 Å². The van der Waals surface area contributed by atoms with Crippen LogP contribution in [-0.4, -0.2) is 28.1 Å². The van der Waals surface area contributed by atoms with Crippen molar-refractivity contribution in [2.75, 3.05) is 0 Å². The van der Waals surface area contributed by atoms with Gasteiger partial charge in [0, 0.05) is 6.20 Å². The highest BCUT2D eigenvalue weighted by molar-refractivity contribution is 5.90. The van der Waals surface area contributed by atoms with Crippen molar-refractivity contribution in [1.82, 2.24) is 4.98 Å². The average Bonchev–Trinajstić information content (AvgIpc) is 2.27. The van der Waals surface area contributed by atoms with Gasteiger partial charge in [-0.05, 0) is 12.1 Å². The van der Waals surface area contributed by atoms with Crippen molar-refractivity contribution in [1.29, 1.82) is 0 Å². The number of halogens is 6. The van der Waals surface area contributed by atoms with Gasteiger partial charge in [-0.15, -0.1) is 0 Å². The number of nitrogens with two attached hydrogens (primary N) is 1. The molecule has 0 aromatic carbocycles. The quantitative estimate of drug-likeness (QED) is 0.774. The first-order valence-corrected chi connectivity index (χ1v) is 4.49. The predicted molar refractivity (Wildman–Crippen MR) is 51.4 cm³/mol. The Morgan fingerprint density at radius 3 is 1.90 bits per heavy atom. The van der Waals surface area contributed by atoms with E-state index in [1.54, 1.807) is 0 Å². The molecule has 0 atom stereocenters. The lowest BCUT2D eigenvalue weighted by atomic mass is 10.2. The van der Waals surface area contributed by atoms with Crippen LogP contribution in [0.5, 0.6) is 0 Å². The van der Waals surface area contributed by atoms with Gasteiger partial charge in [0.05, 0.1) is 5.56 Å². The van der Waals surface area contributed by atoms with E-state index in [1.165, 1.54) is 0 Å². The second-order valence-corrected chi connectivity index (χ2v) is 3.09. The molecule has 3 N–H and O–H groups in total. The molecule has 11 heteroatoms. The Kier molecular flexibility index (Phi) is 5.49. The average molecular weight is 304 g/mol. The summed E-state index contributed by atoms with van der Waals surface area (Å²) in [6, 6.07) is 1.38. The van der Waals surface area contributed by atoms with Gasteiger partial charge in [0.1, 0.15) is 5.69 Å². The van der Waals surface area contributed by atoms with Gasteiger partial charge >= 0.3 is 18.3 Å². The van der Waals surface area contributed by atoms with Crippen molar-refractivity contribution in [3.8, 4) is 0 Å². The van der Waals surface area contributed by atoms with E-state index in [1.807, 2.05) is 0 Å². The Balaban J connectivity index is 0.000000441. The maximum absolute atomic E-state index is 12.1. The molecule has 0 saturated heterocycles. The molecule has 1 aromatic heterocycles. The minimum absolute atomic E-state index is 0.394. The molecule has 20 heavy (non-hydrogen) atoms. The summed E-state index contributed by atoms with van der Waals surface area (Å²) in [7, 11) is 0. The number of carboxylic acid groups (broad SMARTS) is 1. The van der Waals surface area contributed by atoms with Gasteiger partial charge in [0.25, 0.3) is 5.91 Å². The van der Waals surface area contributed by atoms with Crippen molar-refractivity contribution in [3.05, 3.63) is 29.6 Å². The number of alkyl halides is 6. The zero-order valence-electron chi connectivity index (χ0n) is 9.29. The molecule has 0 aliphatic heterocycles. The standard InChI is InChI=1S/C7H5F3N2O.C2HF3O2/c8-7(9,10)4-1-2-12-5(3-4)6(11)13;3-2(4,5)1(6)7/h1-3H,(H2,11,13);(H,6,7). The Labute approximate surface area is 107 Å². The van der Waals surface area contributed by atoms with Gasteiger partial charge in [-0.1, -0.05) is 0 Å². The largest absolute Gasteiger partial charge is 0.490 e. The van der Waals surface area contributed by atoms with Gasteiger partial charge in [0.15, 0.2) is 0 Å². The Hall–Kier alpha value is -2.33. The van der Waals surface area contributed by atoms with Gasteiger partial charge in [-0.3, -0.25) is 9.78 Å². The van der Waals surface area contributed by atoms with Crippen molar-refractivity contribution < 1.29 is 41.0 Å². The molecule has 112 valence electrons. The first-order chi connectivity index (χ1) is 8.85. The number of amides is 1. The smallest absolute Gasteiger partial charge is 0.475 e. The first kappa shape index (κ1) is 17.7. The SMILES string of the molecule is NC(=O)c1cc(C(F)(F)F)ccn1.O=C(O)C(F)(F)F. The zero-order valence-corrected chi connectivity index (χ0v) is 9.29. The van der Waals surface area contributed by atoms with Crippen LogP contribution in [0.4, 0.5) is 26.3 Å². The Bertz CT molecular complexity index is 497. The second-order valence-electron chi connectivity index (χ2n) is 3.09. The summed E-state index contributed by atoms with van der Waals surface area (Å²) >= 11 is 0. The minimum Gasteiger partial charge on any atom is -0.475 e. The van der Waals surface area contributed by atoms with Crippen LogP contribution in [0.3, 0.4) is 0 Å². The number of pyridine rings is 1. The molecule has 1 amide bonds. The summed E-state index contributed by atoms with van der Waals surface area (Å²) in [5, 5.41) is 7.12. The number of aliphatic carboxylic acids is 1. The van der Waals surface area contributed by atoms with Gasteiger partial charge < -0.3 is 10.8 Å². The van der Waals surface area contributed by atoms with Gasteiger partial charge in [-0.25, -0.2) is 4.79 Å². The predicted octanol–water partition coefficient (Wildman–Crippen LogP) is 1.83. The molecule has 0 spiro atoms. The van der Waals surface area contributed by atoms with E-state index in [2.05, 4.69) is 4.98 Å². The van der Waals surface area contributed by atoms with E-state index < -0.39 is 35.5 Å². The van der Waals surface area contributed by atoms with E-state index in [4.69, 9.17) is 15.6 Å². The number of primary amides is 1. The number of carbonyl (C=O) groups is 2. The lowest BCUT2D eigenvalue weighted by Crippen LogP contribution is -2.21. The van der Waals surface area contributed by atoms with E-state index >= 15 is 0 Å². The number of nitrogens with zero attached hydrogens (tertiary/aromatic N) is 1. The molecule has 0 saturated carbocycles. The zero-order chi connectivity index (χ0) is 16.1. The number of carbonyl (C=O) groups excluding carboxylic acids is 1. The van der Waals surface area contributed by atoms with Crippen LogP contribution in [0.15, 0.2) is 18.3 Å². The van der Waals surface area contributed by atoms with E-state index in [9.17, 15) is 31.1 Å². The summed E-state index contributed by atoms with van der Waals surface area (Å²) in [6.07, 6.45) is -8.67. The monoisotopic (exact) mass is 304 g/mol. The van der Waals surface area contributed by atoms with Crippen molar-refractivity contribution in [3.63, 3.8) is 0 Å². The molecular weight excluding hydrogens is 298 g/mol. The minimum atomic E-state index is -5.08. The second kappa shape index (κ2) is 6.21. The van der Waals surface area contributed by atoms with Crippen LogP contribution in [0.1, 0.15) is 16.1 Å². The van der Waals surface area contributed by atoms with Crippen molar-refractivity contribution >= 4 is 11.9 Å². The maximum Gasteiger partial charge on any atom is 0.490 e. The molecule has 1 heterocycles. The molecule has 5 nitrogen and oxygen atoms in total. The number of rotatable bonds is 1. The lowest BCUT2D eigenvalue weighted by molar-refractivity contribution is -0.192. The number of hydrogen-bond donors (Lipinski definition) is 2. The van der Waals surface area contributed by atoms with Crippen LogP contribution in [0.25, 0.3) is 0 Å². The Morgan fingerprint density at radius 2 is 1.60 bits per heavy atom. The normalized spacial score (nSPS) is 11.3. The summed E-state index contributed by atoms with van der Waals surface area (Å²) in [5.41, 5.74) is 3.43. The molecule has 1 rings (SSSR count). The third-order valence-electron chi connectivity index (χ3n) is 1.58. The van der Waals surface area contributed by atoms with Crippen molar-refractivity contribution in [2.24, 2.45) is 5.73 Å². The van der Waals surface area contributed by atoms with Crippen LogP contribution in [-0.2, 0) is 11.0 Å². The third kappa shape index (κ3) is 6.02. The number of hydrogen-bond acceptors (Lipinski definition) is 3. The summed E-state index contributed by atoms with van der Waals surface area (Å²) in [5.74, 6) is -3.74. The third-order valence-corrected chi connectivity index (χ3v) is 1.58. The van der Waals surface area contributed by atoms with Crippen LogP contribution < -0.4 is 5.73 Å². The van der Waals surface area contributed by atoms with Gasteiger partial charge in [-0.2, -0.15) is 26.3 Å². The van der Waals surface area contributed by atoms with Crippen molar-refractivity contribution in [2.45, 2.75) is 12.4 Å². The fraction of sp³-hybridized carbons (Fsp3) is 0.222. The lowest BCUT2D eigenvalue weighted by Gasteiger charge is -2.05. The fourth-order valence-corrected chi connectivity index (χ4v) is 0.742. The molecular formula is C9H6F6N2O3.